The maximum absolute atomic E-state index is 5.85. The van der Waals surface area contributed by atoms with Gasteiger partial charge in [0.1, 0.15) is 0 Å². The number of pyridine rings is 1. The van der Waals surface area contributed by atoms with E-state index in [2.05, 4.69) is 74.0 Å². The fourth-order valence-corrected chi connectivity index (χ4v) is 3.11. The average Bonchev–Trinajstić information content (AvgIpc) is 2.72. The molecule has 2 heteroatoms. The second kappa shape index (κ2) is 13.1. The number of hydrogen-bond acceptors (Lipinski definition) is 2. The fourth-order valence-electron chi connectivity index (χ4n) is 3.11. The van der Waals surface area contributed by atoms with Gasteiger partial charge in [0.05, 0.1) is 11.8 Å². The predicted molar refractivity (Wildman–Crippen MR) is 121 cm³/mol. The first-order chi connectivity index (χ1) is 13.7. The molecule has 0 saturated carbocycles. The molecule has 0 fully saturated rings. The van der Waals surface area contributed by atoms with Gasteiger partial charge in [-0.25, -0.2) is 0 Å². The monoisotopic (exact) mass is 377 g/mol. The van der Waals surface area contributed by atoms with Crippen LogP contribution < -0.4 is 0 Å². The Morgan fingerprint density at radius 3 is 2.57 bits per heavy atom. The normalized spacial score (nSPS) is 12.4. The average molecular weight is 378 g/mol. The highest BCUT2D eigenvalue weighted by Crippen LogP contribution is 2.19. The molecule has 0 aliphatic carbocycles. The molecule has 0 amide bonds. The zero-order valence-electron chi connectivity index (χ0n) is 17.6. The Labute approximate surface area is 171 Å². The highest BCUT2D eigenvalue weighted by molar-refractivity contribution is 5.62. The zero-order valence-corrected chi connectivity index (χ0v) is 17.6. The van der Waals surface area contributed by atoms with Crippen molar-refractivity contribution in [3.63, 3.8) is 0 Å². The molecule has 1 heterocycles. The molecule has 1 atom stereocenters. The Morgan fingerprint density at radius 2 is 1.89 bits per heavy atom. The summed E-state index contributed by atoms with van der Waals surface area (Å²) < 4.78 is 5.85. The van der Waals surface area contributed by atoms with Gasteiger partial charge in [0, 0.05) is 18.4 Å². The molecule has 0 aliphatic rings. The molecule has 0 bridgehead atoms. The molecule has 1 aromatic heterocycles. The number of hydrogen-bond donors (Lipinski definition) is 0. The van der Waals surface area contributed by atoms with Crippen LogP contribution >= 0.6 is 0 Å². The summed E-state index contributed by atoms with van der Waals surface area (Å²) in [6, 6.07) is 12.8. The second-order valence-corrected chi connectivity index (χ2v) is 7.39. The van der Waals surface area contributed by atoms with Gasteiger partial charge in [-0.05, 0) is 56.2 Å². The third kappa shape index (κ3) is 8.22. The van der Waals surface area contributed by atoms with E-state index in [9.17, 15) is 0 Å². The molecule has 28 heavy (non-hydrogen) atoms. The molecule has 0 aliphatic heterocycles. The molecular formula is C26H35NO. The summed E-state index contributed by atoms with van der Waals surface area (Å²) in [5.74, 6) is 0. The molecule has 150 valence electrons. The van der Waals surface area contributed by atoms with Crippen LogP contribution in [-0.2, 0) is 11.2 Å². The minimum atomic E-state index is 0.370. The molecule has 0 radical (unpaired) electrons. The van der Waals surface area contributed by atoms with Crippen molar-refractivity contribution < 1.29 is 4.74 Å². The molecule has 1 unspecified atom stereocenters. The largest absolute Gasteiger partial charge is 0.379 e. The number of unbranched alkanes of at least 4 members (excludes halogenated alkanes) is 3. The Balaban J connectivity index is 1.72. The van der Waals surface area contributed by atoms with E-state index in [1.165, 1.54) is 36.8 Å². The highest BCUT2D eigenvalue weighted by atomic mass is 16.5. The summed E-state index contributed by atoms with van der Waals surface area (Å²) in [7, 11) is 0. The van der Waals surface area contributed by atoms with E-state index in [4.69, 9.17) is 4.74 Å². The first-order valence-corrected chi connectivity index (χ1v) is 10.7. The SMILES string of the molecule is C=CCc1ccc(-c2ccc(/C=C/CCCC(C)OCCCCC)cc2)nc1. The van der Waals surface area contributed by atoms with Gasteiger partial charge in [0.2, 0.25) is 0 Å². The molecule has 2 nitrogen and oxygen atoms in total. The van der Waals surface area contributed by atoms with E-state index < -0.39 is 0 Å². The van der Waals surface area contributed by atoms with Crippen LogP contribution in [0.5, 0.6) is 0 Å². The van der Waals surface area contributed by atoms with Crippen LogP contribution in [0.15, 0.2) is 61.3 Å². The Kier molecular flexibility index (Phi) is 10.3. The van der Waals surface area contributed by atoms with Gasteiger partial charge in [0.15, 0.2) is 0 Å². The molecule has 2 rings (SSSR count). The Bertz CT molecular complexity index is 700. The Hall–Kier alpha value is -2.19. The van der Waals surface area contributed by atoms with Crippen molar-refractivity contribution >= 4 is 6.08 Å². The summed E-state index contributed by atoms with van der Waals surface area (Å²) in [5, 5.41) is 0. The minimum Gasteiger partial charge on any atom is -0.379 e. The van der Waals surface area contributed by atoms with Crippen LogP contribution in [0.2, 0.25) is 0 Å². The second-order valence-electron chi connectivity index (χ2n) is 7.39. The summed E-state index contributed by atoms with van der Waals surface area (Å²) in [5.41, 5.74) is 4.59. The first-order valence-electron chi connectivity index (χ1n) is 10.7. The van der Waals surface area contributed by atoms with Crippen LogP contribution in [-0.4, -0.2) is 17.7 Å². The van der Waals surface area contributed by atoms with E-state index in [1.54, 1.807) is 0 Å². The van der Waals surface area contributed by atoms with E-state index in [-0.39, 0.29) is 0 Å². The van der Waals surface area contributed by atoms with Crippen molar-refractivity contribution in [2.75, 3.05) is 6.61 Å². The maximum atomic E-state index is 5.85. The smallest absolute Gasteiger partial charge is 0.0702 e. The van der Waals surface area contributed by atoms with Gasteiger partial charge in [-0.15, -0.1) is 6.58 Å². The number of rotatable bonds is 13. The van der Waals surface area contributed by atoms with Gasteiger partial charge in [-0.2, -0.15) is 0 Å². The molecular weight excluding hydrogens is 342 g/mol. The van der Waals surface area contributed by atoms with E-state index in [1.807, 2.05) is 12.3 Å². The van der Waals surface area contributed by atoms with E-state index >= 15 is 0 Å². The van der Waals surface area contributed by atoms with Crippen molar-refractivity contribution in [1.29, 1.82) is 0 Å². The van der Waals surface area contributed by atoms with Crippen molar-refractivity contribution in [2.24, 2.45) is 0 Å². The lowest BCUT2D eigenvalue weighted by molar-refractivity contribution is 0.0566. The summed E-state index contributed by atoms with van der Waals surface area (Å²) in [6.45, 7) is 9.08. The zero-order chi connectivity index (χ0) is 20.0. The number of benzene rings is 1. The van der Waals surface area contributed by atoms with Gasteiger partial charge >= 0.3 is 0 Å². The van der Waals surface area contributed by atoms with Gasteiger partial charge in [-0.3, -0.25) is 4.98 Å². The first kappa shape index (κ1) is 22.1. The lowest BCUT2D eigenvalue weighted by Crippen LogP contribution is -2.08. The summed E-state index contributed by atoms with van der Waals surface area (Å²) >= 11 is 0. The molecule has 1 aromatic carbocycles. The van der Waals surface area contributed by atoms with Crippen molar-refractivity contribution in [2.45, 2.75) is 64.9 Å². The van der Waals surface area contributed by atoms with E-state index in [0.29, 0.717) is 6.10 Å². The van der Waals surface area contributed by atoms with Gasteiger partial charge in [-0.1, -0.05) is 68.3 Å². The van der Waals surface area contributed by atoms with Gasteiger partial charge < -0.3 is 4.74 Å². The standard InChI is InChI=1S/C26H35NO/c1-4-6-10-20-28-22(3)12-8-7-9-13-23-14-17-25(18-15-23)26-19-16-24(11-5-2)21-27-26/h5,9,13-19,21-22H,2,4,6-8,10-12,20H2,1,3H3/b13-9+. The van der Waals surface area contributed by atoms with Crippen molar-refractivity contribution in [3.05, 3.63) is 72.5 Å². The quantitative estimate of drug-likeness (QED) is 0.271. The van der Waals surface area contributed by atoms with Crippen LogP contribution in [0.25, 0.3) is 17.3 Å². The predicted octanol–water partition coefficient (Wildman–Crippen LogP) is 7.26. The topological polar surface area (TPSA) is 22.1 Å². The number of aromatic nitrogens is 1. The maximum Gasteiger partial charge on any atom is 0.0702 e. The van der Waals surface area contributed by atoms with Crippen molar-refractivity contribution in [3.8, 4) is 11.3 Å². The summed E-state index contributed by atoms with van der Waals surface area (Å²) in [6.07, 6.45) is 16.6. The lowest BCUT2D eigenvalue weighted by atomic mass is 10.1. The van der Waals surface area contributed by atoms with Crippen LogP contribution in [0, 0.1) is 0 Å². The third-order valence-corrected chi connectivity index (χ3v) is 4.85. The molecule has 2 aromatic rings. The molecule has 0 spiro atoms. The summed E-state index contributed by atoms with van der Waals surface area (Å²) in [4.78, 5) is 4.55. The number of allylic oxidation sites excluding steroid dienone is 2. The molecule has 0 saturated heterocycles. The van der Waals surface area contributed by atoms with Crippen LogP contribution in [0.3, 0.4) is 0 Å². The number of ether oxygens (including phenoxy) is 1. The van der Waals surface area contributed by atoms with E-state index in [0.717, 1.165) is 37.1 Å². The molecule has 0 N–H and O–H groups in total. The van der Waals surface area contributed by atoms with Gasteiger partial charge in [0.25, 0.3) is 0 Å². The Morgan fingerprint density at radius 1 is 1.07 bits per heavy atom. The number of nitrogens with zero attached hydrogens (tertiary/aromatic N) is 1. The highest BCUT2D eigenvalue weighted by Gasteiger charge is 2.01. The fraction of sp³-hybridized carbons (Fsp3) is 0.423. The van der Waals surface area contributed by atoms with Crippen LogP contribution in [0.1, 0.15) is 63.5 Å². The lowest BCUT2D eigenvalue weighted by Gasteiger charge is -2.11. The minimum absolute atomic E-state index is 0.370. The van der Waals surface area contributed by atoms with Crippen LogP contribution in [0.4, 0.5) is 0 Å². The van der Waals surface area contributed by atoms with Crippen molar-refractivity contribution in [1.82, 2.24) is 4.98 Å². The third-order valence-electron chi connectivity index (χ3n) is 4.85.